The first-order valence-corrected chi connectivity index (χ1v) is 10.0. The van der Waals surface area contributed by atoms with Crippen LogP contribution in [0.3, 0.4) is 0 Å². The van der Waals surface area contributed by atoms with E-state index in [0.29, 0.717) is 23.6 Å². The Bertz CT molecular complexity index is 793. The van der Waals surface area contributed by atoms with Crippen molar-refractivity contribution < 1.29 is 14.7 Å². The smallest absolute Gasteiger partial charge is 0.308 e. The Morgan fingerprint density at radius 2 is 2.00 bits per heavy atom. The first-order valence-electron chi connectivity index (χ1n) is 8.76. The zero-order valence-electron chi connectivity index (χ0n) is 14.3. The average molecular weight is 393 g/mol. The maximum atomic E-state index is 12.4. The van der Waals surface area contributed by atoms with Gasteiger partial charge >= 0.3 is 5.97 Å². The van der Waals surface area contributed by atoms with Crippen LogP contribution in [-0.2, 0) is 16.0 Å². The van der Waals surface area contributed by atoms with E-state index in [9.17, 15) is 14.7 Å². The molecule has 1 amide bonds. The molecular weight excluding hydrogens is 372 g/mol. The van der Waals surface area contributed by atoms with Crippen molar-refractivity contribution in [3.05, 3.63) is 40.4 Å². The molecule has 1 aliphatic carbocycles. The van der Waals surface area contributed by atoms with Crippen LogP contribution in [0.25, 0.3) is 10.6 Å². The summed E-state index contributed by atoms with van der Waals surface area (Å²) >= 11 is 7.64. The fourth-order valence-electron chi connectivity index (χ4n) is 3.34. The third-order valence-corrected chi connectivity index (χ3v) is 5.93. The van der Waals surface area contributed by atoms with Crippen molar-refractivity contribution in [2.45, 2.75) is 44.6 Å². The van der Waals surface area contributed by atoms with Gasteiger partial charge in [-0.15, -0.1) is 11.3 Å². The second-order valence-corrected chi connectivity index (χ2v) is 7.82. The van der Waals surface area contributed by atoms with Crippen molar-refractivity contribution in [2.24, 2.45) is 5.92 Å². The van der Waals surface area contributed by atoms with Gasteiger partial charge in [0.1, 0.15) is 5.01 Å². The summed E-state index contributed by atoms with van der Waals surface area (Å²) in [7, 11) is 0. The molecule has 1 aliphatic rings. The number of nitrogens with zero attached hydrogens (tertiary/aromatic N) is 1. The number of carbonyl (C=O) groups excluding carboxylic acids is 1. The molecular formula is C19H21ClN2O3S. The van der Waals surface area contributed by atoms with Crippen molar-refractivity contribution in [3.63, 3.8) is 0 Å². The van der Waals surface area contributed by atoms with Gasteiger partial charge in [0.05, 0.1) is 23.1 Å². The van der Waals surface area contributed by atoms with Crippen LogP contribution in [-0.4, -0.2) is 28.0 Å². The highest BCUT2D eigenvalue weighted by Crippen LogP contribution is 2.30. The monoisotopic (exact) mass is 392 g/mol. The van der Waals surface area contributed by atoms with Gasteiger partial charge in [0.2, 0.25) is 5.91 Å². The van der Waals surface area contributed by atoms with Crippen molar-refractivity contribution in [2.75, 3.05) is 0 Å². The van der Waals surface area contributed by atoms with Crippen LogP contribution in [0.4, 0.5) is 0 Å². The van der Waals surface area contributed by atoms with Crippen molar-refractivity contribution >= 4 is 34.8 Å². The van der Waals surface area contributed by atoms with Gasteiger partial charge in [0, 0.05) is 17.0 Å². The molecule has 1 fully saturated rings. The number of nitrogens with one attached hydrogen (secondary N) is 1. The van der Waals surface area contributed by atoms with Crippen molar-refractivity contribution in [1.82, 2.24) is 10.3 Å². The lowest BCUT2D eigenvalue weighted by Crippen LogP contribution is -2.43. The maximum Gasteiger partial charge on any atom is 0.308 e. The number of aromatic nitrogens is 1. The molecule has 1 aromatic heterocycles. The summed E-state index contributed by atoms with van der Waals surface area (Å²) in [5.41, 5.74) is 1.52. The first kappa shape index (κ1) is 18.9. The van der Waals surface area contributed by atoms with E-state index in [0.717, 1.165) is 29.8 Å². The number of thiazole rings is 1. The number of hydrogen-bond donors (Lipinski definition) is 2. The zero-order valence-corrected chi connectivity index (χ0v) is 15.9. The lowest BCUT2D eigenvalue weighted by molar-refractivity contribution is -0.143. The van der Waals surface area contributed by atoms with Gasteiger partial charge in [-0.3, -0.25) is 9.59 Å². The topological polar surface area (TPSA) is 79.3 Å². The highest BCUT2D eigenvalue weighted by molar-refractivity contribution is 7.13. The number of aliphatic carboxylic acids is 1. The lowest BCUT2D eigenvalue weighted by Gasteiger charge is -2.22. The first-order chi connectivity index (χ1) is 12.5. The summed E-state index contributed by atoms with van der Waals surface area (Å²) in [4.78, 5) is 28.4. The van der Waals surface area contributed by atoms with Crippen LogP contribution in [0.2, 0.25) is 5.02 Å². The molecule has 138 valence electrons. The van der Waals surface area contributed by atoms with Gasteiger partial charge in [-0.05, 0) is 18.9 Å². The number of hydrogen-bond acceptors (Lipinski definition) is 4. The number of carboxylic acid groups (broad SMARTS) is 1. The van der Waals surface area contributed by atoms with Gasteiger partial charge in [0.15, 0.2) is 0 Å². The van der Waals surface area contributed by atoms with Crippen LogP contribution in [0.1, 0.15) is 37.8 Å². The quantitative estimate of drug-likeness (QED) is 0.749. The predicted molar refractivity (Wildman–Crippen MR) is 102 cm³/mol. The minimum absolute atomic E-state index is 0.143. The van der Waals surface area contributed by atoms with Crippen LogP contribution in [0.15, 0.2) is 29.6 Å². The minimum Gasteiger partial charge on any atom is -0.481 e. The lowest BCUT2D eigenvalue weighted by atomic mass is 9.95. The molecule has 0 aliphatic heterocycles. The van der Waals surface area contributed by atoms with E-state index in [1.165, 1.54) is 11.3 Å². The van der Waals surface area contributed by atoms with E-state index in [-0.39, 0.29) is 18.4 Å². The minimum atomic E-state index is -0.827. The molecule has 0 spiro atoms. The van der Waals surface area contributed by atoms with E-state index >= 15 is 0 Å². The molecule has 26 heavy (non-hydrogen) atoms. The second-order valence-electron chi connectivity index (χ2n) is 6.56. The van der Waals surface area contributed by atoms with Crippen molar-refractivity contribution in [1.29, 1.82) is 0 Å². The summed E-state index contributed by atoms with van der Waals surface area (Å²) in [5, 5.41) is 15.6. The SMILES string of the molecule is O=C(Cc1csc(-c2ccccc2Cl)n1)N[C@H]1CCCCC[C@H]1C(=O)O. The third kappa shape index (κ3) is 4.62. The molecule has 2 aromatic rings. The average Bonchev–Trinajstić information content (AvgIpc) is 2.92. The Hall–Kier alpha value is -1.92. The summed E-state index contributed by atoms with van der Waals surface area (Å²) in [5.74, 6) is -1.51. The summed E-state index contributed by atoms with van der Waals surface area (Å²) in [6, 6.07) is 7.16. The fraction of sp³-hybridized carbons (Fsp3) is 0.421. The molecule has 3 rings (SSSR count). The van der Waals surface area contributed by atoms with Gasteiger partial charge in [-0.2, -0.15) is 0 Å². The Balaban J connectivity index is 1.65. The Morgan fingerprint density at radius 3 is 2.77 bits per heavy atom. The maximum absolute atomic E-state index is 12.4. The van der Waals surface area contributed by atoms with E-state index in [4.69, 9.17) is 11.6 Å². The van der Waals surface area contributed by atoms with Gasteiger partial charge < -0.3 is 10.4 Å². The molecule has 0 bridgehead atoms. The zero-order chi connectivity index (χ0) is 18.5. The Labute approximate surface area is 161 Å². The predicted octanol–water partition coefficient (Wildman–Crippen LogP) is 4.16. The number of carboxylic acids is 1. The summed E-state index contributed by atoms with van der Waals surface area (Å²) in [6.07, 6.45) is 4.34. The van der Waals surface area contributed by atoms with Gasteiger partial charge in [-0.25, -0.2) is 4.98 Å². The molecule has 7 heteroatoms. The summed E-state index contributed by atoms with van der Waals surface area (Å²) in [6.45, 7) is 0. The molecule has 0 radical (unpaired) electrons. The molecule has 0 saturated heterocycles. The van der Waals surface area contributed by atoms with E-state index in [1.54, 1.807) is 0 Å². The molecule has 1 heterocycles. The highest BCUT2D eigenvalue weighted by Gasteiger charge is 2.30. The number of benzene rings is 1. The largest absolute Gasteiger partial charge is 0.481 e. The number of amides is 1. The van der Waals surface area contributed by atoms with Crippen LogP contribution in [0, 0.1) is 5.92 Å². The van der Waals surface area contributed by atoms with E-state index < -0.39 is 11.9 Å². The molecule has 2 N–H and O–H groups in total. The van der Waals surface area contributed by atoms with Gasteiger partial charge in [0.25, 0.3) is 0 Å². The summed E-state index contributed by atoms with van der Waals surface area (Å²) < 4.78 is 0. The van der Waals surface area contributed by atoms with E-state index in [1.807, 2.05) is 29.6 Å². The molecule has 1 saturated carbocycles. The Morgan fingerprint density at radius 1 is 1.23 bits per heavy atom. The van der Waals surface area contributed by atoms with Crippen molar-refractivity contribution in [3.8, 4) is 10.6 Å². The normalized spacial score (nSPS) is 20.3. The molecule has 0 unspecified atom stereocenters. The number of rotatable bonds is 5. The number of carbonyl (C=O) groups is 2. The van der Waals surface area contributed by atoms with Gasteiger partial charge in [-0.1, -0.05) is 49.1 Å². The van der Waals surface area contributed by atoms with Crippen LogP contribution in [0.5, 0.6) is 0 Å². The fourth-order valence-corrected chi connectivity index (χ4v) is 4.48. The third-order valence-electron chi connectivity index (χ3n) is 4.68. The number of halogens is 1. The van der Waals surface area contributed by atoms with E-state index in [2.05, 4.69) is 10.3 Å². The molecule has 1 aromatic carbocycles. The highest BCUT2D eigenvalue weighted by atomic mass is 35.5. The van der Waals surface area contributed by atoms with Crippen LogP contribution >= 0.6 is 22.9 Å². The van der Waals surface area contributed by atoms with Crippen LogP contribution < -0.4 is 5.32 Å². The standard InChI is InChI=1S/C19H21ClN2O3S/c20-15-8-5-4-6-13(15)18-21-12(11-26-18)10-17(23)22-16-9-3-1-2-7-14(16)19(24)25/h4-6,8,11,14,16H,1-3,7,9-10H2,(H,22,23)(H,24,25)/t14-,16+/m1/s1. The Kier molecular flexibility index (Phi) is 6.27. The molecule has 2 atom stereocenters. The molecule has 5 nitrogen and oxygen atoms in total. The second kappa shape index (κ2) is 8.64.